The summed E-state index contributed by atoms with van der Waals surface area (Å²) in [6.07, 6.45) is 1.38. The summed E-state index contributed by atoms with van der Waals surface area (Å²) in [5.74, 6) is 0.179. The number of aryl methyl sites for hydroxylation is 2. The van der Waals surface area contributed by atoms with E-state index in [4.69, 9.17) is 4.42 Å². The molecule has 0 aliphatic carbocycles. The maximum absolute atomic E-state index is 12.5. The van der Waals surface area contributed by atoms with E-state index in [-0.39, 0.29) is 35.0 Å². The van der Waals surface area contributed by atoms with Crippen molar-refractivity contribution >= 4 is 29.4 Å². The Kier molecular flexibility index (Phi) is 5.51. The van der Waals surface area contributed by atoms with E-state index in [9.17, 15) is 9.59 Å². The molecule has 0 radical (unpaired) electrons. The fourth-order valence-electron chi connectivity index (χ4n) is 2.02. The minimum absolute atomic E-state index is 0. The van der Waals surface area contributed by atoms with E-state index in [1.54, 1.807) is 25.9 Å². The van der Waals surface area contributed by atoms with Crippen LogP contribution < -0.4 is 10.9 Å². The smallest absolute Gasteiger partial charge is 0.265 e. The summed E-state index contributed by atoms with van der Waals surface area (Å²) >= 11 is 0. The van der Waals surface area contributed by atoms with Gasteiger partial charge in [0, 0.05) is 27.2 Å². The zero-order chi connectivity index (χ0) is 14.9. The van der Waals surface area contributed by atoms with E-state index in [0.717, 1.165) is 0 Å². The van der Waals surface area contributed by atoms with Crippen LogP contribution in [0.3, 0.4) is 0 Å². The van der Waals surface area contributed by atoms with Gasteiger partial charge in [-0.3, -0.25) is 9.59 Å². The molecule has 7 nitrogen and oxygen atoms in total. The van der Waals surface area contributed by atoms with Crippen molar-refractivity contribution in [3.8, 4) is 0 Å². The molecule has 2 heterocycles. The number of nitrogens with one attached hydrogen (secondary N) is 1. The van der Waals surface area contributed by atoms with Crippen LogP contribution >= 0.6 is 12.4 Å². The van der Waals surface area contributed by atoms with Crippen LogP contribution in [0.4, 0.5) is 0 Å². The summed E-state index contributed by atoms with van der Waals surface area (Å²) in [4.78, 5) is 30.3. The minimum atomic E-state index is -0.280. The number of carbonyl (C=O) groups is 1. The second-order valence-electron chi connectivity index (χ2n) is 4.70. The molecule has 0 atom stereocenters. The Bertz CT molecular complexity index is 707. The summed E-state index contributed by atoms with van der Waals surface area (Å²) < 4.78 is 6.76. The van der Waals surface area contributed by atoms with Crippen LogP contribution in [0.5, 0.6) is 0 Å². The molecule has 0 fully saturated rings. The summed E-state index contributed by atoms with van der Waals surface area (Å²) in [5, 5.41) is 3.22. The van der Waals surface area contributed by atoms with Crippen LogP contribution in [-0.2, 0) is 7.05 Å². The Morgan fingerprint density at radius 3 is 2.81 bits per heavy atom. The number of nitrogens with zero attached hydrogens (tertiary/aromatic N) is 3. The van der Waals surface area contributed by atoms with Crippen LogP contribution in [0.15, 0.2) is 15.5 Å². The molecule has 0 saturated heterocycles. The minimum Gasteiger partial charge on any atom is -0.442 e. The predicted molar refractivity (Wildman–Crippen MR) is 82.1 cm³/mol. The van der Waals surface area contributed by atoms with E-state index in [1.807, 2.05) is 7.05 Å². The third kappa shape index (κ3) is 3.08. The van der Waals surface area contributed by atoms with Gasteiger partial charge in [-0.15, -0.1) is 12.4 Å². The molecule has 21 heavy (non-hydrogen) atoms. The summed E-state index contributed by atoms with van der Waals surface area (Å²) in [5.41, 5.74) is 0.223. The lowest BCUT2D eigenvalue weighted by atomic mass is 10.1. The van der Waals surface area contributed by atoms with Gasteiger partial charge in [-0.2, -0.15) is 0 Å². The Morgan fingerprint density at radius 1 is 1.52 bits per heavy atom. The summed E-state index contributed by atoms with van der Waals surface area (Å²) in [6, 6.07) is 0. The lowest BCUT2D eigenvalue weighted by Gasteiger charge is -2.16. The van der Waals surface area contributed by atoms with Gasteiger partial charge in [0.1, 0.15) is 17.5 Å². The van der Waals surface area contributed by atoms with Gasteiger partial charge in [-0.1, -0.05) is 0 Å². The Morgan fingerprint density at radius 2 is 2.19 bits per heavy atom. The predicted octanol–water partition coefficient (Wildman–Crippen LogP) is 0.548. The van der Waals surface area contributed by atoms with Crippen LogP contribution in [0, 0.1) is 6.92 Å². The number of hydrogen-bond donors (Lipinski definition) is 1. The largest absolute Gasteiger partial charge is 0.442 e. The van der Waals surface area contributed by atoms with Crippen molar-refractivity contribution in [1.29, 1.82) is 0 Å². The van der Waals surface area contributed by atoms with Gasteiger partial charge in [0.15, 0.2) is 0 Å². The molecule has 0 saturated carbocycles. The molecule has 8 heteroatoms. The number of rotatable bonds is 4. The van der Waals surface area contributed by atoms with Crippen molar-refractivity contribution in [2.24, 2.45) is 7.05 Å². The van der Waals surface area contributed by atoms with E-state index < -0.39 is 0 Å². The lowest BCUT2D eigenvalue weighted by molar-refractivity contribution is 0.0796. The first-order valence-corrected chi connectivity index (χ1v) is 6.32. The number of fused-ring (bicyclic) bond motifs is 1. The highest BCUT2D eigenvalue weighted by molar-refractivity contribution is 6.06. The molecule has 2 aromatic heterocycles. The lowest BCUT2D eigenvalue weighted by Crippen LogP contribution is -2.33. The molecular weight excluding hydrogens is 296 g/mol. The zero-order valence-electron chi connectivity index (χ0n) is 12.5. The quantitative estimate of drug-likeness (QED) is 0.891. The third-order valence-electron chi connectivity index (χ3n) is 3.21. The monoisotopic (exact) mass is 314 g/mol. The first kappa shape index (κ1) is 17.2. The topological polar surface area (TPSA) is 80.4 Å². The molecule has 0 unspecified atom stereocenters. The Hall–Kier alpha value is -1.86. The standard InChI is InChI=1S/C13H18N4O3.ClH/c1-8-9(12(18)16(3)6-5-14-2)10-11(20-8)15-7-17(4)13(10)19;/h7,14H,5-6H2,1-4H3;1H. The third-order valence-corrected chi connectivity index (χ3v) is 3.21. The van der Waals surface area contributed by atoms with Gasteiger partial charge in [-0.05, 0) is 14.0 Å². The van der Waals surface area contributed by atoms with Crippen molar-refractivity contribution in [3.05, 3.63) is 28.0 Å². The van der Waals surface area contributed by atoms with Crippen molar-refractivity contribution in [2.75, 3.05) is 27.2 Å². The van der Waals surface area contributed by atoms with Crippen molar-refractivity contribution in [2.45, 2.75) is 6.92 Å². The number of hydrogen-bond acceptors (Lipinski definition) is 5. The van der Waals surface area contributed by atoms with E-state index in [2.05, 4.69) is 10.3 Å². The van der Waals surface area contributed by atoms with Gasteiger partial charge in [0.25, 0.3) is 11.5 Å². The molecule has 0 aliphatic heterocycles. The molecular formula is C13H19ClN4O3. The summed E-state index contributed by atoms with van der Waals surface area (Å²) in [7, 11) is 5.10. The Labute approximate surface area is 128 Å². The van der Waals surface area contributed by atoms with Crippen LogP contribution in [0.1, 0.15) is 16.1 Å². The number of aromatic nitrogens is 2. The maximum Gasteiger partial charge on any atom is 0.265 e. The fraction of sp³-hybridized carbons (Fsp3) is 0.462. The molecule has 1 N–H and O–H groups in total. The molecule has 0 bridgehead atoms. The number of amides is 1. The first-order chi connectivity index (χ1) is 9.47. The van der Waals surface area contributed by atoms with Gasteiger partial charge < -0.3 is 19.2 Å². The van der Waals surface area contributed by atoms with Crippen molar-refractivity contribution in [1.82, 2.24) is 19.8 Å². The molecule has 2 rings (SSSR count). The highest BCUT2D eigenvalue weighted by Crippen LogP contribution is 2.21. The maximum atomic E-state index is 12.5. The molecule has 0 aliphatic rings. The molecule has 1 amide bonds. The van der Waals surface area contributed by atoms with E-state index in [1.165, 1.54) is 10.9 Å². The van der Waals surface area contributed by atoms with E-state index in [0.29, 0.717) is 24.4 Å². The summed E-state index contributed by atoms with van der Waals surface area (Å²) in [6.45, 7) is 2.88. The Balaban J connectivity index is 0.00000220. The van der Waals surface area contributed by atoms with Gasteiger partial charge in [0.05, 0.1) is 5.56 Å². The normalized spacial score (nSPS) is 10.5. The highest BCUT2D eigenvalue weighted by Gasteiger charge is 2.24. The SMILES string of the molecule is CNCCN(C)C(=O)c1c(C)oc2ncn(C)c(=O)c12.Cl. The molecule has 2 aromatic rings. The van der Waals surface area contributed by atoms with Gasteiger partial charge in [-0.25, -0.2) is 4.98 Å². The number of furan rings is 1. The van der Waals surface area contributed by atoms with Gasteiger partial charge in [0.2, 0.25) is 5.71 Å². The second-order valence-corrected chi connectivity index (χ2v) is 4.70. The van der Waals surface area contributed by atoms with Gasteiger partial charge >= 0.3 is 0 Å². The average Bonchev–Trinajstić information content (AvgIpc) is 2.76. The van der Waals surface area contributed by atoms with E-state index >= 15 is 0 Å². The average molecular weight is 315 g/mol. The van der Waals surface area contributed by atoms with Crippen LogP contribution in [0.2, 0.25) is 0 Å². The number of halogens is 1. The zero-order valence-corrected chi connectivity index (χ0v) is 13.3. The highest BCUT2D eigenvalue weighted by atomic mass is 35.5. The van der Waals surface area contributed by atoms with Crippen molar-refractivity contribution in [3.63, 3.8) is 0 Å². The molecule has 0 spiro atoms. The van der Waals surface area contributed by atoms with Crippen LogP contribution in [-0.4, -0.2) is 47.5 Å². The second kappa shape index (κ2) is 6.73. The van der Waals surface area contributed by atoms with Crippen molar-refractivity contribution < 1.29 is 9.21 Å². The van der Waals surface area contributed by atoms with Crippen LogP contribution in [0.25, 0.3) is 11.1 Å². The first-order valence-electron chi connectivity index (χ1n) is 6.32. The molecule has 0 aromatic carbocycles. The molecule has 116 valence electrons. The number of likely N-dealkylation sites (N-methyl/N-ethyl adjacent to an activating group) is 2. The fourth-order valence-corrected chi connectivity index (χ4v) is 2.02. The number of carbonyl (C=O) groups excluding carboxylic acids is 1.